The van der Waals surface area contributed by atoms with Crippen molar-refractivity contribution in [1.82, 2.24) is 24.5 Å². The molecule has 0 aromatic rings. The molecule has 0 aliphatic carbocycles. The fraction of sp³-hybridized carbons (Fsp3) is 0.925. The van der Waals surface area contributed by atoms with Crippen molar-refractivity contribution in [3.63, 3.8) is 0 Å². The summed E-state index contributed by atoms with van der Waals surface area (Å²) in [5.41, 5.74) is 0. The van der Waals surface area contributed by atoms with Gasteiger partial charge >= 0.3 is 0 Å². The molecule has 0 aromatic heterocycles. The molecule has 62 heavy (non-hydrogen) atoms. The van der Waals surface area contributed by atoms with Gasteiger partial charge in [0.15, 0.2) is 0 Å². The van der Waals surface area contributed by atoms with Gasteiger partial charge in [0.05, 0.1) is 13.1 Å². The zero-order chi connectivity index (χ0) is 45.0. The van der Waals surface area contributed by atoms with Crippen molar-refractivity contribution in [3.8, 4) is 0 Å². The van der Waals surface area contributed by atoms with Gasteiger partial charge < -0.3 is 24.3 Å². The van der Waals surface area contributed by atoms with Crippen LogP contribution in [0.3, 0.4) is 0 Å². The van der Waals surface area contributed by atoms with Gasteiger partial charge in [0.25, 0.3) is 0 Å². The SMILES string of the molecule is CCCCCCCCCN(CCCCCCCC=O)CCN(CCCCCCCC=O)CC(=O)N1CCN(C(=O)CN(CCCCCCCCC)CCCCCCCCC)CC1. The van der Waals surface area contributed by atoms with Crippen LogP contribution in [-0.4, -0.2) is 134 Å². The van der Waals surface area contributed by atoms with Crippen molar-refractivity contribution in [1.29, 1.82) is 0 Å². The van der Waals surface area contributed by atoms with E-state index in [1.54, 1.807) is 0 Å². The molecule has 1 heterocycles. The minimum absolute atomic E-state index is 0.205. The fourth-order valence-electron chi connectivity index (χ4n) is 9.01. The van der Waals surface area contributed by atoms with Crippen molar-refractivity contribution >= 4 is 24.4 Å². The summed E-state index contributed by atoms with van der Waals surface area (Å²) in [4.78, 5) is 60.7. The van der Waals surface area contributed by atoms with Crippen molar-refractivity contribution in [2.45, 2.75) is 233 Å². The predicted octanol–water partition coefficient (Wildman–Crippen LogP) is 11.9. The molecule has 1 aliphatic rings. The van der Waals surface area contributed by atoms with E-state index in [-0.39, 0.29) is 11.8 Å². The molecule has 1 fully saturated rings. The quantitative estimate of drug-likeness (QED) is 0.0445. The highest BCUT2D eigenvalue weighted by Crippen LogP contribution is 2.14. The molecule has 1 rings (SSSR count). The molecular weight excluding hydrogens is 771 g/mol. The molecule has 0 radical (unpaired) electrons. The van der Waals surface area contributed by atoms with Crippen molar-refractivity contribution in [2.24, 2.45) is 0 Å². The topological polar surface area (TPSA) is 84.5 Å². The van der Waals surface area contributed by atoms with Gasteiger partial charge in [-0.2, -0.15) is 0 Å². The lowest BCUT2D eigenvalue weighted by Gasteiger charge is -2.37. The minimum atomic E-state index is 0.205. The summed E-state index contributed by atoms with van der Waals surface area (Å²) in [5.74, 6) is 0.441. The van der Waals surface area contributed by atoms with Crippen molar-refractivity contribution < 1.29 is 19.2 Å². The first-order valence-electron chi connectivity index (χ1n) is 27.1. The molecule has 0 N–H and O–H groups in total. The number of unbranched alkanes of at least 4 members (excludes halogenated alkanes) is 28. The molecule has 0 spiro atoms. The van der Waals surface area contributed by atoms with Crippen LogP contribution in [0.25, 0.3) is 0 Å². The molecule has 0 bridgehead atoms. The number of aldehydes is 2. The van der Waals surface area contributed by atoms with E-state index in [1.165, 1.54) is 154 Å². The van der Waals surface area contributed by atoms with Crippen molar-refractivity contribution in [3.05, 3.63) is 0 Å². The Bertz CT molecular complexity index is 1000. The molecule has 9 nitrogen and oxygen atoms in total. The lowest BCUT2D eigenvalue weighted by atomic mass is 10.1. The third-order valence-electron chi connectivity index (χ3n) is 13.3. The highest BCUT2D eigenvalue weighted by Gasteiger charge is 2.26. The van der Waals surface area contributed by atoms with Gasteiger partial charge in [-0.25, -0.2) is 0 Å². The number of carbonyl (C=O) groups is 4. The fourth-order valence-corrected chi connectivity index (χ4v) is 9.01. The zero-order valence-corrected chi connectivity index (χ0v) is 41.6. The second-order valence-corrected chi connectivity index (χ2v) is 19.0. The van der Waals surface area contributed by atoms with E-state index in [0.717, 1.165) is 103 Å². The standard InChI is InChI=1S/C53H103N5O4/c1-4-7-10-13-16-23-30-37-54(38-31-24-19-21-28-35-48-59)42-43-56(41-34-27-20-22-29-36-49-60)51-53(62)58-46-44-57(45-47-58)52(61)50-55(39-32-25-17-14-11-8-5-2)40-33-26-18-15-12-9-6-3/h48-49H,4-47,50-51H2,1-3H3. The van der Waals surface area contributed by atoms with Crippen LogP contribution < -0.4 is 0 Å². The van der Waals surface area contributed by atoms with Crippen molar-refractivity contribution in [2.75, 3.05) is 85.1 Å². The third-order valence-corrected chi connectivity index (χ3v) is 13.3. The Balaban J connectivity index is 2.77. The van der Waals surface area contributed by atoms with Gasteiger partial charge in [0.1, 0.15) is 12.6 Å². The average Bonchev–Trinajstić information content (AvgIpc) is 3.28. The number of piperazine rings is 1. The second-order valence-electron chi connectivity index (χ2n) is 19.0. The Morgan fingerprint density at radius 1 is 0.339 bits per heavy atom. The van der Waals surface area contributed by atoms with Crippen LogP contribution in [0, 0.1) is 0 Å². The highest BCUT2D eigenvalue weighted by atomic mass is 16.2. The smallest absolute Gasteiger partial charge is 0.236 e. The molecule has 0 atom stereocenters. The van der Waals surface area contributed by atoms with E-state index < -0.39 is 0 Å². The molecule has 0 saturated carbocycles. The van der Waals surface area contributed by atoms with E-state index >= 15 is 0 Å². The zero-order valence-electron chi connectivity index (χ0n) is 41.6. The van der Waals surface area contributed by atoms with E-state index in [2.05, 4.69) is 35.5 Å². The van der Waals surface area contributed by atoms with Crippen LogP contribution >= 0.6 is 0 Å². The molecular formula is C53H103N5O4. The first-order valence-corrected chi connectivity index (χ1v) is 27.1. The summed E-state index contributed by atoms with van der Waals surface area (Å²) < 4.78 is 0. The van der Waals surface area contributed by atoms with Gasteiger partial charge in [-0.15, -0.1) is 0 Å². The number of carbonyl (C=O) groups excluding carboxylic acids is 4. The Morgan fingerprint density at radius 2 is 0.581 bits per heavy atom. The van der Waals surface area contributed by atoms with E-state index in [4.69, 9.17) is 0 Å². The first-order chi connectivity index (χ1) is 30.5. The summed E-state index contributed by atoms with van der Waals surface area (Å²) >= 11 is 0. The summed E-state index contributed by atoms with van der Waals surface area (Å²) in [5, 5.41) is 0. The molecule has 2 amide bonds. The lowest BCUT2D eigenvalue weighted by Crippen LogP contribution is -2.54. The Morgan fingerprint density at radius 3 is 0.887 bits per heavy atom. The minimum Gasteiger partial charge on any atom is -0.338 e. The Labute approximate surface area is 384 Å². The van der Waals surface area contributed by atoms with Crippen LogP contribution in [0.15, 0.2) is 0 Å². The largest absolute Gasteiger partial charge is 0.338 e. The van der Waals surface area contributed by atoms with Gasteiger partial charge in [-0.05, 0) is 77.7 Å². The highest BCUT2D eigenvalue weighted by molar-refractivity contribution is 5.80. The third kappa shape index (κ3) is 34.6. The molecule has 9 heteroatoms. The molecule has 364 valence electrons. The lowest BCUT2D eigenvalue weighted by molar-refractivity contribution is -0.140. The number of nitrogens with zero attached hydrogens (tertiary/aromatic N) is 5. The molecule has 1 aliphatic heterocycles. The number of amides is 2. The number of hydrogen-bond acceptors (Lipinski definition) is 7. The summed E-state index contributed by atoms with van der Waals surface area (Å²) in [7, 11) is 0. The molecule has 0 unspecified atom stereocenters. The maximum Gasteiger partial charge on any atom is 0.236 e. The van der Waals surface area contributed by atoms with E-state index in [1.807, 2.05) is 9.80 Å². The van der Waals surface area contributed by atoms with Crippen LogP contribution in [0.4, 0.5) is 0 Å². The van der Waals surface area contributed by atoms with Crippen LogP contribution in [-0.2, 0) is 19.2 Å². The normalized spacial score (nSPS) is 13.3. The molecule has 0 aromatic carbocycles. The van der Waals surface area contributed by atoms with E-state index in [0.29, 0.717) is 52.1 Å². The van der Waals surface area contributed by atoms with Crippen LogP contribution in [0.2, 0.25) is 0 Å². The Hall–Kier alpha value is -1.84. The maximum absolute atomic E-state index is 13.9. The van der Waals surface area contributed by atoms with E-state index in [9.17, 15) is 19.2 Å². The number of hydrogen-bond donors (Lipinski definition) is 0. The monoisotopic (exact) mass is 874 g/mol. The van der Waals surface area contributed by atoms with Gasteiger partial charge in [0, 0.05) is 52.1 Å². The van der Waals surface area contributed by atoms with Gasteiger partial charge in [-0.3, -0.25) is 19.4 Å². The summed E-state index contributed by atoms with van der Waals surface area (Å²) in [6, 6.07) is 0. The Kier molecular flexibility index (Phi) is 41.6. The summed E-state index contributed by atoms with van der Waals surface area (Å²) in [6.45, 7) is 17.4. The predicted molar refractivity (Wildman–Crippen MR) is 264 cm³/mol. The second kappa shape index (κ2) is 44.4. The molecule has 1 saturated heterocycles. The van der Waals surface area contributed by atoms with Gasteiger partial charge in [-0.1, -0.05) is 175 Å². The van der Waals surface area contributed by atoms with Gasteiger partial charge in [0.2, 0.25) is 11.8 Å². The number of rotatable bonds is 47. The summed E-state index contributed by atoms with van der Waals surface area (Å²) in [6.07, 6.45) is 41.8. The first kappa shape index (κ1) is 58.2. The maximum atomic E-state index is 13.9. The average molecular weight is 874 g/mol. The van der Waals surface area contributed by atoms with Crippen LogP contribution in [0.5, 0.6) is 0 Å². The van der Waals surface area contributed by atoms with Crippen LogP contribution in [0.1, 0.15) is 233 Å².